The van der Waals surface area contributed by atoms with Crippen LogP contribution in [0.2, 0.25) is 0 Å². The Balaban J connectivity index is 2.02. The van der Waals surface area contributed by atoms with Crippen LogP contribution >= 0.6 is 0 Å². The van der Waals surface area contributed by atoms with Gasteiger partial charge < -0.3 is 0 Å². The first kappa shape index (κ1) is 11.5. The highest BCUT2D eigenvalue weighted by atomic mass is 19.1. The van der Waals surface area contributed by atoms with Gasteiger partial charge in [0.15, 0.2) is 0 Å². The number of nitrogens with two attached hydrogens (primary N) is 1. The quantitative estimate of drug-likeness (QED) is 0.613. The van der Waals surface area contributed by atoms with Crippen LogP contribution in [0.1, 0.15) is 11.4 Å². The molecule has 0 aliphatic carbocycles. The number of hydrogen-bond acceptors (Lipinski definition) is 4. The van der Waals surface area contributed by atoms with Crippen molar-refractivity contribution in [3.63, 3.8) is 0 Å². The summed E-state index contributed by atoms with van der Waals surface area (Å²) in [6.45, 7) is 0. The number of rotatable bonds is 4. The molecule has 17 heavy (non-hydrogen) atoms. The van der Waals surface area contributed by atoms with Gasteiger partial charge in [0, 0.05) is 13.5 Å². The largest absolute Gasteiger partial charge is 0.300 e. The van der Waals surface area contributed by atoms with Gasteiger partial charge in [-0.05, 0) is 24.1 Å². The van der Waals surface area contributed by atoms with Crippen LogP contribution < -0.4 is 11.3 Å². The molecule has 2 aromatic rings. The van der Waals surface area contributed by atoms with E-state index in [1.54, 1.807) is 16.7 Å². The Morgan fingerprint density at radius 1 is 1.24 bits per heavy atom. The first-order valence-corrected chi connectivity index (χ1v) is 5.30. The van der Waals surface area contributed by atoms with Crippen LogP contribution in [0.15, 0.2) is 24.3 Å². The molecule has 0 saturated heterocycles. The van der Waals surface area contributed by atoms with E-state index in [2.05, 4.69) is 15.6 Å². The third kappa shape index (κ3) is 2.59. The molecular weight excluding hydrogens is 221 g/mol. The zero-order valence-electron chi connectivity index (χ0n) is 9.52. The fourth-order valence-corrected chi connectivity index (χ4v) is 1.61. The Morgan fingerprint density at radius 3 is 2.53 bits per heavy atom. The summed E-state index contributed by atoms with van der Waals surface area (Å²) >= 11 is 0. The van der Waals surface area contributed by atoms with Crippen molar-refractivity contribution in [3.05, 3.63) is 41.5 Å². The van der Waals surface area contributed by atoms with E-state index in [1.165, 1.54) is 12.1 Å². The lowest BCUT2D eigenvalue weighted by Gasteiger charge is -2.03. The molecule has 0 bridgehead atoms. The van der Waals surface area contributed by atoms with Crippen LogP contribution in [-0.4, -0.2) is 14.8 Å². The maximum Gasteiger partial charge on any atom is 0.238 e. The molecule has 0 atom stereocenters. The average molecular weight is 235 g/mol. The molecule has 1 aromatic heterocycles. The number of nitrogen functional groups attached to an aromatic ring is 1. The fourth-order valence-electron chi connectivity index (χ4n) is 1.61. The number of hydrogen-bond donors (Lipinski definition) is 2. The number of hydrazine groups is 1. The molecule has 1 aromatic carbocycles. The Bertz CT molecular complexity index is 491. The van der Waals surface area contributed by atoms with Crippen LogP contribution in [0.3, 0.4) is 0 Å². The van der Waals surface area contributed by atoms with E-state index in [1.807, 2.05) is 7.05 Å². The van der Waals surface area contributed by atoms with Gasteiger partial charge in [-0.1, -0.05) is 12.1 Å². The molecule has 0 fully saturated rings. The Labute approximate surface area is 98.4 Å². The first-order chi connectivity index (χ1) is 8.20. The smallest absolute Gasteiger partial charge is 0.238 e. The van der Waals surface area contributed by atoms with Gasteiger partial charge in [-0.3, -0.25) is 9.99 Å². The highest BCUT2D eigenvalue weighted by Crippen LogP contribution is 2.09. The van der Waals surface area contributed by atoms with E-state index in [-0.39, 0.29) is 5.82 Å². The number of halogens is 1. The normalized spacial score (nSPS) is 10.5. The zero-order chi connectivity index (χ0) is 12.3. The molecule has 0 amide bonds. The molecule has 0 aliphatic heterocycles. The number of nitrogens with zero attached hydrogens (tertiary/aromatic N) is 3. The average Bonchev–Trinajstić information content (AvgIpc) is 2.69. The Morgan fingerprint density at radius 2 is 1.94 bits per heavy atom. The minimum Gasteiger partial charge on any atom is -0.300 e. The second-order valence-electron chi connectivity index (χ2n) is 3.77. The molecule has 0 spiro atoms. The van der Waals surface area contributed by atoms with Crippen molar-refractivity contribution >= 4 is 5.95 Å². The third-order valence-corrected chi connectivity index (χ3v) is 2.64. The third-order valence-electron chi connectivity index (χ3n) is 2.64. The lowest BCUT2D eigenvalue weighted by Crippen LogP contribution is -2.12. The maximum atomic E-state index is 12.7. The van der Waals surface area contributed by atoms with Crippen molar-refractivity contribution in [2.24, 2.45) is 12.9 Å². The lowest BCUT2D eigenvalue weighted by molar-refractivity contribution is 0.626. The van der Waals surface area contributed by atoms with E-state index in [0.717, 1.165) is 24.2 Å². The molecule has 0 saturated carbocycles. The molecule has 0 aliphatic rings. The van der Waals surface area contributed by atoms with Crippen LogP contribution in [-0.2, 0) is 19.9 Å². The summed E-state index contributed by atoms with van der Waals surface area (Å²) in [5, 5.41) is 7.89. The number of nitrogens with one attached hydrogen (secondary N) is 1. The van der Waals surface area contributed by atoms with E-state index in [9.17, 15) is 4.39 Å². The molecule has 0 radical (unpaired) electrons. The molecule has 6 heteroatoms. The van der Waals surface area contributed by atoms with Crippen LogP contribution in [0, 0.1) is 5.82 Å². The summed E-state index contributed by atoms with van der Waals surface area (Å²) in [7, 11) is 1.84. The van der Waals surface area contributed by atoms with Crippen molar-refractivity contribution in [1.29, 1.82) is 0 Å². The molecule has 2 rings (SSSR count). The molecule has 5 nitrogen and oxygen atoms in total. The lowest BCUT2D eigenvalue weighted by atomic mass is 10.1. The molecule has 90 valence electrons. The number of anilines is 1. The summed E-state index contributed by atoms with van der Waals surface area (Å²) < 4.78 is 14.5. The van der Waals surface area contributed by atoms with E-state index in [4.69, 9.17) is 5.84 Å². The van der Waals surface area contributed by atoms with Crippen molar-refractivity contribution in [2.75, 3.05) is 5.43 Å². The molecule has 0 unspecified atom stereocenters. The second-order valence-corrected chi connectivity index (χ2v) is 3.77. The fraction of sp³-hybridized carbons (Fsp3) is 0.273. The van der Waals surface area contributed by atoms with Gasteiger partial charge in [-0.25, -0.2) is 10.2 Å². The Kier molecular flexibility index (Phi) is 3.34. The SMILES string of the molecule is Cn1c(CCc2ccc(F)cc2)nnc1NN. The van der Waals surface area contributed by atoms with Crippen molar-refractivity contribution in [2.45, 2.75) is 12.8 Å². The standard InChI is InChI=1S/C11H14FN5/c1-17-10(15-16-11(17)14-13)7-4-8-2-5-9(12)6-3-8/h2-3,5-6H,4,7,13H2,1H3,(H,14,16). The van der Waals surface area contributed by atoms with E-state index < -0.39 is 0 Å². The highest BCUT2D eigenvalue weighted by Gasteiger charge is 2.07. The van der Waals surface area contributed by atoms with Gasteiger partial charge in [0.05, 0.1) is 0 Å². The maximum absolute atomic E-state index is 12.7. The Hall–Kier alpha value is -1.95. The van der Waals surface area contributed by atoms with Crippen LogP contribution in [0.4, 0.5) is 10.3 Å². The summed E-state index contributed by atoms with van der Waals surface area (Å²) in [5.74, 6) is 6.41. The molecule has 3 N–H and O–H groups in total. The summed E-state index contributed by atoms with van der Waals surface area (Å²) in [6.07, 6.45) is 1.52. The number of aromatic nitrogens is 3. The van der Waals surface area contributed by atoms with E-state index in [0.29, 0.717) is 5.95 Å². The monoisotopic (exact) mass is 235 g/mol. The van der Waals surface area contributed by atoms with E-state index >= 15 is 0 Å². The number of aryl methyl sites for hydroxylation is 2. The predicted molar refractivity (Wildman–Crippen MR) is 62.6 cm³/mol. The van der Waals surface area contributed by atoms with Gasteiger partial charge in [0.1, 0.15) is 11.6 Å². The summed E-state index contributed by atoms with van der Waals surface area (Å²) in [5.41, 5.74) is 3.53. The van der Waals surface area contributed by atoms with Crippen molar-refractivity contribution in [3.8, 4) is 0 Å². The highest BCUT2D eigenvalue weighted by molar-refractivity contribution is 5.23. The summed E-state index contributed by atoms with van der Waals surface area (Å²) in [4.78, 5) is 0. The second kappa shape index (κ2) is 4.92. The topological polar surface area (TPSA) is 68.8 Å². The number of benzene rings is 1. The van der Waals surface area contributed by atoms with Crippen molar-refractivity contribution in [1.82, 2.24) is 14.8 Å². The molecule has 1 heterocycles. The van der Waals surface area contributed by atoms with Crippen LogP contribution in [0.5, 0.6) is 0 Å². The van der Waals surface area contributed by atoms with Gasteiger partial charge in [0.25, 0.3) is 0 Å². The zero-order valence-corrected chi connectivity index (χ0v) is 9.52. The summed E-state index contributed by atoms with van der Waals surface area (Å²) in [6, 6.07) is 6.46. The van der Waals surface area contributed by atoms with Gasteiger partial charge >= 0.3 is 0 Å². The minimum absolute atomic E-state index is 0.220. The van der Waals surface area contributed by atoms with Crippen LogP contribution in [0.25, 0.3) is 0 Å². The minimum atomic E-state index is -0.220. The van der Waals surface area contributed by atoms with Gasteiger partial charge in [-0.15, -0.1) is 10.2 Å². The first-order valence-electron chi connectivity index (χ1n) is 5.30. The van der Waals surface area contributed by atoms with Gasteiger partial charge in [-0.2, -0.15) is 0 Å². The predicted octanol–water partition coefficient (Wildman–Crippen LogP) is 1.02. The molecular formula is C11H14FN5. The van der Waals surface area contributed by atoms with Gasteiger partial charge in [0.2, 0.25) is 5.95 Å². The van der Waals surface area contributed by atoms with Crippen molar-refractivity contribution < 1.29 is 4.39 Å².